The van der Waals surface area contributed by atoms with Crippen LogP contribution in [-0.2, 0) is 14.6 Å². The number of nitrogens with one attached hydrogen (secondary N) is 1. The Morgan fingerprint density at radius 1 is 1.11 bits per heavy atom. The summed E-state index contributed by atoms with van der Waals surface area (Å²) >= 11 is 0. The number of carbonyl (C=O) groups is 1. The normalized spacial score (nSPS) is 19.0. The van der Waals surface area contributed by atoms with Crippen molar-refractivity contribution in [2.45, 2.75) is 19.3 Å². The summed E-state index contributed by atoms with van der Waals surface area (Å²) in [5.41, 5.74) is 2.47. The molecule has 4 rings (SSSR count). The molecule has 27 heavy (non-hydrogen) atoms. The quantitative estimate of drug-likeness (QED) is 0.731. The van der Waals surface area contributed by atoms with Crippen LogP contribution in [0.3, 0.4) is 0 Å². The Morgan fingerprint density at radius 2 is 1.89 bits per heavy atom. The zero-order valence-corrected chi connectivity index (χ0v) is 15.7. The first kappa shape index (κ1) is 17.8. The standard InChI is InChI=1S/C21H21NO4S/c23-21(12-15-4-3-11-27(24,25)14-15)22-18-9-7-16(8-10-18)20-13-17-5-1-2-6-19(17)26-20/h1-2,5-10,13,15H,3-4,11-12,14H2,(H,22,23)/t15-/m0/s1. The summed E-state index contributed by atoms with van der Waals surface area (Å²) in [5.74, 6) is 0.911. The van der Waals surface area contributed by atoms with E-state index in [4.69, 9.17) is 4.42 Å². The lowest BCUT2D eigenvalue weighted by Crippen LogP contribution is -2.28. The van der Waals surface area contributed by atoms with Gasteiger partial charge < -0.3 is 9.73 Å². The topological polar surface area (TPSA) is 76.4 Å². The predicted octanol–water partition coefficient (Wildman–Crippen LogP) is 4.25. The second-order valence-corrected chi connectivity index (χ2v) is 9.33. The van der Waals surface area contributed by atoms with Crippen molar-refractivity contribution in [1.82, 2.24) is 0 Å². The van der Waals surface area contributed by atoms with E-state index in [1.807, 2.05) is 54.6 Å². The van der Waals surface area contributed by atoms with E-state index in [0.29, 0.717) is 12.1 Å². The van der Waals surface area contributed by atoms with Gasteiger partial charge in [-0.15, -0.1) is 0 Å². The van der Waals surface area contributed by atoms with Gasteiger partial charge in [0.2, 0.25) is 5.91 Å². The van der Waals surface area contributed by atoms with Gasteiger partial charge in [-0.1, -0.05) is 18.2 Å². The van der Waals surface area contributed by atoms with Crippen LogP contribution in [0.1, 0.15) is 19.3 Å². The molecule has 1 aliphatic heterocycles. The number of benzene rings is 2. The summed E-state index contributed by atoms with van der Waals surface area (Å²) < 4.78 is 29.2. The van der Waals surface area contributed by atoms with Crippen molar-refractivity contribution >= 4 is 32.4 Å². The van der Waals surface area contributed by atoms with E-state index in [1.54, 1.807) is 0 Å². The number of sulfone groups is 1. The molecule has 0 unspecified atom stereocenters. The van der Waals surface area contributed by atoms with Crippen molar-refractivity contribution in [2.24, 2.45) is 5.92 Å². The molecule has 0 bridgehead atoms. The lowest BCUT2D eigenvalue weighted by atomic mass is 10.0. The van der Waals surface area contributed by atoms with Gasteiger partial charge in [0.15, 0.2) is 9.84 Å². The average Bonchev–Trinajstić information content (AvgIpc) is 3.05. The Balaban J connectivity index is 1.41. The van der Waals surface area contributed by atoms with E-state index in [1.165, 1.54) is 0 Å². The van der Waals surface area contributed by atoms with Gasteiger partial charge >= 0.3 is 0 Å². The number of anilines is 1. The first-order valence-electron chi connectivity index (χ1n) is 9.08. The second kappa shape index (κ2) is 7.19. The highest BCUT2D eigenvalue weighted by Crippen LogP contribution is 2.28. The van der Waals surface area contributed by atoms with Crippen LogP contribution in [0.2, 0.25) is 0 Å². The lowest BCUT2D eigenvalue weighted by molar-refractivity contribution is -0.117. The molecule has 1 atom stereocenters. The Hall–Kier alpha value is -2.60. The average molecular weight is 383 g/mol. The van der Waals surface area contributed by atoms with Gasteiger partial charge in [-0.05, 0) is 55.2 Å². The molecule has 1 aliphatic rings. The number of fused-ring (bicyclic) bond motifs is 1. The molecular weight excluding hydrogens is 362 g/mol. The summed E-state index contributed by atoms with van der Waals surface area (Å²) in [5, 5.41) is 3.91. The molecule has 0 aliphatic carbocycles. The molecule has 0 radical (unpaired) electrons. The molecule has 1 fully saturated rings. The van der Waals surface area contributed by atoms with Crippen molar-refractivity contribution in [1.29, 1.82) is 0 Å². The molecular formula is C21H21NO4S. The van der Waals surface area contributed by atoms with Crippen LogP contribution in [0.15, 0.2) is 59.0 Å². The fourth-order valence-electron chi connectivity index (χ4n) is 3.59. The fourth-order valence-corrected chi connectivity index (χ4v) is 5.37. The molecule has 2 heterocycles. The van der Waals surface area contributed by atoms with Crippen LogP contribution in [0, 0.1) is 5.92 Å². The highest BCUT2D eigenvalue weighted by molar-refractivity contribution is 7.91. The van der Waals surface area contributed by atoms with Gasteiger partial charge in [-0.2, -0.15) is 0 Å². The fraction of sp³-hybridized carbons (Fsp3) is 0.286. The lowest BCUT2D eigenvalue weighted by Gasteiger charge is -2.21. The van der Waals surface area contributed by atoms with Crippen LogP contribution in [-0.4, -0.2) is 25.8 Å². The molecule has 5 nitrogen and oxygen atoms in total. The summed E-state index contributed by atoms with van der Waals surface area (Å²) in [6.45, 7) is 0. The molecule has 6 heteroatoms. The van der Waals surface area contributed by atoms with Crippen LogP contribution >= 0.6 is 0 Å². The molecule has 140 valence electrons. The van der Waals surface area contributed by atoms with Gasteiger partial charge in [0.05, 0.1) is 11.5 Å². The van der Waals surface area contributed by atoms with Crippen LogP contribution in [0.5, 0.6) is 0 Å². The third-order valence-electron chi connectivity index (χ3n) is 4.91. The monoisotopic (exact) mass is 383 g/mol. The maximum absolute atomic E-state index is 12.2. The first-order chi connectivity index (χ1) is 13.0. The minimum atomic E-state index is -2.99. The highest BCUT2D eigenvalue weighted by atomic mass is 32.2. The molecule has 1 aromatic heterocycles. The molecule has 0 saturated carbocycles. The van der Waals surface area contributed by atoms with E-state index < -0.39 is 9.84 Å². The van der Waals surface area contributed by atoms with Crippen molar-refractivity contribution in [3.8, 4) is 11.3 Å². The summed E-state index contributed by atoms with van der Waals surface area (Å²) in [4.78, 5) is 12.2. The number of furan rings is 1. The minimum absolute atomic E-state index is 0.0847. The zero-order valence-electron chi connectivity index (χ0n) is 14.9. The smallest absolute Gasteiger partial charge is 0.224 e. The minimum Gasteiger partial charge on any atom is -0.456 e. The Morgan fingerprint density at radius 3 is 2.63 bits per heavy atom. The van der Waals surface area contributed by atoms with Gasteiger partial charge in [0.1, 0.15) is 11.3 Å². The molecule has 1 amide bonds. The summed E-state index contributed by atoms with van der Waals surface area (Å²) in [7, 11) is -2.99. The van der Waals surface area contributed by atoms with Crippen molar-refractivity contribution in [3.05, 3.63) is 54.6 Å². The Kier molecular flexibility index (Phi) is 4.74. The third-order valence-corrected chi connectivity index (χ3v) is 6.80. The number of carbonyl (C=O) groups excluding carboxylic acids is 1. The predicted molar refractivity (Wildman–Crippen MR) is 106 cm³/mol. The summed E-state index contributed by atoms with van der Waals surface area (Å²) in [6.07, 6.45) is 1.68. The van der Waals surface area contributed by atoms with E-state index >= 15 is 0 Å². The maximum Gasteiger partial charge on any atom is 0.224 e. The van der Waals surface area contributed by atoms with E-state index in [-0.39, 0.29) is 29.8 Å². The van der Waals surface area contributed by atoms with Gasteiger partial charge in [0, 0.05) is 23.1 Å². The van der Waals surface area contributed by atoms with Crippen LogP contribution in [0.4, 0.5) is 5.69 Å². The number of amides is 1. The van der Waals surface area contributed by atoms with Crippen molar-refractivity contribution < 1.29 is 17.6 Å². The third kappa shape index (κ3) is 4.22. The van der Waals surface area contributed by atoms with Gasteiger partial charge in [-0.25, -0.2) is 8.42 Å². The molecule has 1 saturated heterocycles. The SMILES string of the molecule is O=C(C[C@@H]1CCCS(=O)(=O)C1)Nc1ccc(-c2cc3ccccc3o2)cc1. The first-order valence-corrected chi connectivity index (χ1v) is 10.9. The Labute approximate surface area is 158 Å². The van der Waals surface area contributed by atoms with Gasteiger partial charge in [0.25, 0.3) is 0 Å². The highest BCUT2D eigenvalue weighted by Gasteiger charge is 2.26. The van der Waals surface area contributed by atoms with E-state index in [2.05, 4.69) is 5.32 Å². The van der Waals surface area contributed by atoms with E-state index in [0.717, 1.165) is 28.7 Å². The molecule has 3 aromatic rings. The number of hydrogen-bond acceptors (Lipinski definition) is 4. The van der Waals surface area contributed by atoms with Crippen molar-refractivity contribution in [3.63, 3.8) is 0 Å². The van der Waals surface area contributed by atoms with Crippen molar-refractivity contribution in [2.75, 3.05) is 16.8 Å². The number of hydrogen-bond donors (Lipinski definition) is 1. The van der Waals surface area contributed by atoms with Crippen LogP contribution < -0.4 is 5.32 Å². The largest absolute Gasteiger partial charge is 0.456 e. The van der Waals surface area contributed by atoms with Crippen LogP contribution in [0.25, 0.3) is 22.3 Å². The molecule has 2 aromatic carbocycles. The number of para-hydroxylation sites is 1. The van der Waals surface area contributed by atoms with Gasteiger partial charge in [-0.3, -0.25) is 4.79 Å². The molecule has 0 spiro atoms. The Bertz CT molecular complexity index is 1030. The molecule has 1 N–H and O–H groups in total. The van der Waals surface area contributed by atoms with E-state index in [9.17, 15) is 13.2 Å². The zero-order chi connectivity index (χ0) is 18.9. The number of rotatable bonds is 4. The summed E-state index contributed by atoms with van der Waals surface area (Å²) in [6, 6.07) is 17.3. The maximum atomic E-state index is 12.2. The second-order valence-electron chi connectivity index (χ2n) is 7.10.